The highest BCUT2D eigenvalue weighted by atomic mass is 16.4. The molecule has 0 bridgehead atoms. The summed E-state index contributed by atoms with van der Waals surface area (Å²) in [5, 5.41) is 8.37. The van der Waals surface area contributed by atoms with Crippen molar-refractivity contribution in [3.63, 3.8) is 0 Å². The minimum Gasteiger partial charge on any atom is -0.415 e. The lowest BCUT2D eigenvalue weighted by atomic mass is 10.0. The third-order valence-corrected chi connectivity index (χ3v) is 4.38. The fourth-order valence-electron chi connectivity index (χ4n) is 3.05. The van der Waals surface area contributed by atoms with Crippen LogP contribution in [0.2, 0.25) is 0 Å². The maximum atomic E-state index is 5.89. The van der Waals surface area contributed by atoms with Gasteiger partial charge >= 0.3 is 0 Å². The molecule has 28 heavy (non-hydrogen) atoms. The van der Waals surface area contributed by atoms with E-state index in [0.717, 1.165) is 29.1 Å². The van der Waals surface area contributed by atoms with Crippen LogP contribution in [0.25, 0.3) is 34.3 Å². The maximum absolute atomic E-state index is 5.89. The summed E-state index contributed by atoms with van der Waals surface area (Å²) in [7, 11) is 4.10. The van der Waals surface area contributed by atoms with Gasteiger partial charge in [-0.2, -0.15) is 0 Å². The zero-order valence-electron chi connectivity index (χ0n) is 16.1. The van der Waals surface area contributed by atoms with Gasteiger partial charge in [0.1, 0.15) is 5.69 Å². The van der Waals surface area contributed by atoms with Crippen LogP contribution in [0.1, 0.15) is 11.3 Å². The van der Waals surface area contributed by atoms with E-state index < -0.39 is 0 Å². The Labute approximate surface area is 163 Å². The summed E-state index contributed by atoms with van der Waals surface area (Å²) in [5.41, 5.74) is 5.25. The van der Waals surface area contributed by atoms with Crippen molar-refractivity contribution in [1.29, 1.82) is 0 Å². The Bertz CT molecular complexity index is 1090. The highest BCUT2D eigenvalue weighted by Gasteiger charge is 2.17. The van der Waals surface area contributed by atoms with Crippen LogP contribution in [0.4, 0.5) is 0 Å². The van der Waals surface area contributed by atoms with Crippen molar-refractivity contribution in [3.8, 4) is 34.3 Å². The highest BCUT2D eigenvalue weighted by Crippen LogP contribution is 2.28. The minimum absolute atomic E-state index is 0.371. The second-order valence-electron chi connectivity index (χ2n) is 6.86. The molecule has 140 valence electrons. The van der Waals surface area contributed by atoms with E-state index in [0.29, 0.717) is 17.5 Å². The van der Waals surface area contributed by atoms with Crippen molar-refractivity contribution in [1.82, 2.24) is 25.1 Å². The van der Waals surface area contributed by atoms with Crippen molar-refractivity contribution in [3.05, 3.63) is 72.1 Å². The van der Waals surface area contributed by atoms with Crippen molar-refractivity contribution in [2.75, 3.05) is 14.1 Å². The van der Waals surface area contributed by atoms with Crippen LogP contribution >= 0.6 is 0 Å². The van der Waals surface area contributed by atoms with Crippen LogP contribution in [-0.2, 0) is 6.54 Å². The van der Waals surface area contributed by atoms with Gasteiger partial charge in [0, 0.05) is 17.7 Å². The van der Waals surface area contributed by atoms with Gasteiger partial charge in [-0.15, -0.1) is 10.2 Å². The smallest absolute Gasteiger partial charge is 0.268 e. The highest BCUT2D eigenvalue weighted by molar-refractivity contribution is 5.66. The first-order valence-electron chi connectivity index (χ1n) is 9.08. The van der Waals surface area contributed by atoms with Gasteiger partial charge in [0.2, 0.25) is 5.89 Å². The fraction of sp³-hybridized carbons (Fsp3) is 0.182. The summed E-state index contributed by atoms with van der Waals surface area (Å²) in [6.07, 6.45) is 1.79. The number of hydrogen-bond donors (Lipinski definition) is 0. The second-order valence-corrected chi connectivity index (χ2v) is 6.86. The van der Waals surface area contributed by atoms with Crippen LogP contribution in [0.5, 0.6) is 0 Å². The molecule has 0 radical (unpaired) electrons. The fourth-order valence-corrected chi connectivity index (χ4v) is 3.05. The molecule has 6 nitrogen and oxygen atoms in total. The van der Waals surface area contributed by atoms with Crippen LogP contribution in [-0.4, -0.2) is 39.2 Å². The number of aromatic nitrogens is 4. The Hall–Kier alpha value is -3.38. The van der Waals surface area contributed by atoms with Gasteiger partial charge in [-0.05, 0) is 38.7 Å². The molecule has 4 aromatic rings. The molecular formula is C22H21N5O. The standard InChI is InChI=1S/C22H21N5O/c1-15-20(22-26-25-21(28-22)16-9-5-4-6-10-16)24-19(13-23-15)18-12-8-7-11-17(18)14-27(2)3/h4-13H,14H2,1-3H3. The molecule has 2 aromatic heterocycles. The average Bonchev–Trinajstić information content (AvgIpc) is 3.19. The molecule has 6 heteroatoms. The number of nitrogens with zero attached hydrogens (tertiary/aromatic N) is 5. The van der Waals surface area contributed by atoms with Gasteiger partial charge in [-0.3, -0.25) is 4.98 Å². The van der Waals surface area contributed by atoms with Crippen molar-refractivity contribution in [2.24, 2.45) is 0 Å². The van der Waals surface area contributed by atoms with Crippen LogP contribution < -0.4 is 0 Å². The van der Waals surface area contributed by atoms with Crippen LogP contribution in [0, 0.1) is 6.92 Å². The van der Waals surface area contributed by atoms with Crippen LogP contribution in [0.3, 0.4) is 0 Å². The average molecular weight is 371 g/mol. The predicted molar refractivity (Wildman–Crippen MR) is 108 cm³/mol. The number of rotatable bonds is 5. The normalized spacial score (nSPS) is 11.1. The molecular weight excluding hydrogens is 350 g/mol. The monoisotopic (exact) mass is 371 g/mol. The van der Waals surface area contributed by atoms with E-state index in [-0.39, 0.29) is 0 Å². The van der Waals surface area contributed by atoms with Crippen molar-refractivity contribution in [2.45, 2.75) is 13.5 Å². The van der Waals surface area contributed by atoms with E-state index >= 15 is 0 Å². The minimum atomic E-state index is 0.371. The first-order chi connectivity index (χ1) is 13.6. The number of aryl methyl sites for hydroxylation is 1. The summed E-state index contributed by atoms with van der Waals surface area (Å²) in [4.78, 5) is 11.5. The SMILES string of the molecule is Cc1ncc(-c2ccccc2CN(C)C)nc1-c1nnc(-c2ccccc2)o1. The predicted octanol–water partition coefficient (Wildman–Crippen LogP) is 4.23. The summed E-state index contributed by atoms with van der Waals surface area (Å²) in [6.45, 7) is 2.71. The lowest BCUT2D eigenvalue weighted by molar-refractivity contribution is 0.403. The molecule has 0 aliphatic rings. The van der Waals surface area contributed by atoms with Gasteiger partial charge in [0.25, 0.3) is 5.89 Å². The van der Waals surface area contributed by atoms with Crippen molar-refractivity contribution >= 4 is 0 Å². The lowest BCUT2D eigenvalue weighted by Crippen LogP contribution is -2.11. The summed E-state index contributed by atoms with van der Waals surface area (Å²) in [5.74, 6) is 0.839. The Kier molecular flexibility index (Phi) is 4.95. The topological polar surface area (TPSA) is 67.9 Å². The lowest BCUT2D eigenvalue weighted by Gasteiger charge is -2.14. The Balaban J connectivity index is 1.74. The molecule has 0 N–H and O–H groups in total. The zero-order chi connectivity index (χ0) is 19.5. The molecule has 4 rings (SSSR count). The van der Waals surface area contributed by atoms with E-state index in [2.05, 4.69) is 32.2 Å². The van der Waals surface area contributed by atoms with E-state index in [1.165, 1.54) is 5.56 Å². The first-order valence-corrected chi connectivity index (χ1v) is 9.08. The largest absolute Gasteiger partial charge is 0.415 e. The molecule has 0 spiro atoms. The first kappa shape index (κ1) is 18.0. The summed E-state index contributed by atoms with van der Waals surface area (Å²) < 4.78 is 5.89. The molecule has 0 atom stereocenters. The Morgan fingerprint density at radius 3 is 2.39 bits per heavy atom. The zero-order valence-corrected chi connectivity index (χ0v) is 16.1. The van der Waals surface area contributed by atoms with Crippen molar-refractivity contribution < 1.29 is 4.42 Å². The Morgan fingerprint density at radius 1 is 0.893 bits per heavy atom. The van der Waals surface area contributed by atoms with Gasteiger partial charge in [0.15, 0.2) is 0 Å². The molecule has 2 aromatic carbocycles. The van der Waals surface area contributed by atoms with Gasteiger partial charge in [0.05, 0.1) is 17.6 Å². The second kappa shape index (κ2) is 7.70. The van der Waals surface area contributed by atoms with Gasteiger partial charge < -0.3 is 9.32 Å². The Morgan fingerprint density at radius 2 is 1.61 bits per heavy atom. The van der Waals surface area contributed by atoms with Gasteiger partial charge in [-0.25, -0.2) is 4.98 Å². The maximum Gasteiger partial charge on any atom is 0.268 e. The summed E-state index contributed by atoms with van der Waals surface area (Å²) in [6, 6.07) is 17.9. The van der Waals surface area contributed by atoms with E-state index in [1.807, 2.05) is 63.5 Å². The number of hydrogen-bond acceptors (Lipinski definition) is 6. The molecule has 0 saturated carbocycles. The van der Waals surface area contributed by atoms with E-state index in [9.17, 15) is 0 Å². The molecule has 0 amide bonds. The number of benzene rings is 2. The molecule has 0 aliphatic heterocycles. The molecule has 0 unspecified atom stereocenters. The third kappa shape index (κ3) is 3.68. The third-order valence-electron chi connectivity index (χ3n) is 4.38. The quantitative estimate of drug-likeness (QED) is 0.523. The van der Waals surface area contributed by atoms with E-state index in [1.54, 1.807) is 6.20 Å². The van der Waals surface area contributed by atoms with Gasteiger partial charge in [-0.1, -0.05) is 42.5 Å². The molecule has 2 heterocycles. The molecule has 0 aliphatic carbocycles. The van der Waals surface area contributed by atoms with Crippen LogP contribution in [0.15, 0.2) is 65.2 Å². The summed E-state index contributed by atoms with van der Waals surface area (Å²) >= 11 is 0. The molecule has 0 saturated heterocycles. The molecule has 0 fully saturated rings. The van der Waals surface area contributed by atoms with E-state index in [4.69, 9.17) is 9.40 Å².